The van der Waals surface area contributed by atoms with Crippen molar-refractivity contribution in [3.8, 4) is 0 Å². The van der Waals surface area contributed by atoms with E-state index in [1.165, 1.54) is 23.9 Å². The molecule has 0 aliphatic rings. The predicted molar refractivity (Wildman–Crippen MR) is 70.4 cm³/mol. The molecule has 2 aromatic rings. The average molecular weight is 301 g/mol. The maximum atomic E-state index is 13.5. The van der Waals surface area contributed by atoms with E-state index < -0.39 is 29.3 Å². The Bertz CT molecular complexity index is 618. The van der Waals surface area contributed by atoms with Crippen molar-refractivity contribution < 1.29 is 17.6 Å². The molecule has 1 atom stereocenters. The normalized spacial score (nSPS) is 12.4. The molecule has 1 nitrogen and oxygen atoms in total. The van der Waals surface area contributed by atoms with Gasteiger partial charge in [-0.1, -0.05) is 6.07 Å². The fourth-order valence-corrected chi connectivity index (χ4v) is 2.55. The second-order valence-corrected chi connectivity index (χ2v) is 5.25. The van der Waals surface area contributed by atoms with Crippen molar-refractivity contribution in [3.05, 3.63) is 65.2 Å². The van der Waals surface area contributed by atoms with Gasteiger partial charge in [-0.25, -0.2) is 17.6 Å². The Hall–Kier alpha value is -1.53. The quantitative estimate of drug-likeness (QED) is 0.681. The third-order valence-electron chi connectivity index (χ3n) is 2.68. The molecule has 0 aliphatic carbocycles. The lowest BCUT2D eigenvalue weighted by molar-refractivity contribution is 0.506. The van der Waals surface area contributed by atoms with E-state index >= 15 is 0 Å². The molecule has 0 heterocycles. The summed E-state index contributed by atoms with van der Waals surface area (Å²) >= 11 is 1.17. The standard InChI is InChI=1S/C14H11F4NS/c15-8-1-3-10(12(17)5-8)14(19)7-20-9-2-4-11(16)13(18)6-9/h1-6,14H,7,19H2. The van der Waals surface area contributed by atoms with Crippen LogP contribution in [0.1, 0.15) is 11.6 Å². The van der Waals surface area contributed by atoms with Crippen molar-refractivity contribution in [2.24, 2.45) is 5.73 Å². The number of thioether (sulfide) groups is 1. The molecule has 0 saturated carbocycles. The fourth-order valence-electron chi connectivity index (χ4n) is 1.64. The van der Waals surface area contributed by atoms with Crippen LogP contribution in [-0.4, -0.2) is 5.75 Å². The molecule has 2 N–H and O–H groups in total. The zero-order valence-electron chi connectivity index (χ0n) is 10.2. The highest BCUT2D eigenvalue weighted by Crippen LogP contribution is 2.26. The van der Waals surface area contributed by atoms with E-state index in [0.717, 1.165) is 24.3 Å². The Kier molecular flexibility index (Phi) is 4.67. The van der Waals surface area contributed by atoms with Crippen molar-refractivity contribution >= 4 is 11.8 Å². The van der Waals surface area contributed by atoms with Crippen molar-refractivity contribution in [1.82, 2.24) is 0 Å². The molecule has 0 bridgehead atoms. The number of hydrogen-bond acceptors (Lipinski definition) is 2. The third-order valence-corrected chi connectivity index (χ3v) is 3.80. The Morgan fingerprint density at radius 1 is 0.900 bits per heavy atom. The van der Waals surface area contributed by atoms with Crippen LogP contribution >= 0.6 is 11.8 Å². The maximum absolute atomic E-state index is 13.5. The minimum absolute atomic E-state index is 0.182. The molecule has 0 aliphatic heterocycles. The van der Waals surface area contributed by atoms with Crippen LogP contribution in [0.2, 0.25) is 0 Å². The highest BCUT2D eigenvalue weighted by molar-refractivity contribution is 7.99. The van der Waals surface area contributed by atoms with E-state index in [0.29, 0.717) is 4.90 Å². The Labute approximate surface area is 117 Å². The topological polar surface area (TPSA) is 26.0 Å². The lowest BCUT2D eigenvalue weighted by Gasteiger charge is -2.12. The predicted octanol–water partition coefficient (Wildman–Crippen LogP) is 4.04. The van der Waals surface area contributed by atoms with E-state index in [2.05, 4.69) is 0 Å². The number of nitrogens with two attached hydrogens (primary N) is 1. The summed E-state index contributed by atoms with van der Waals surface area (Å²) in [5.41, 5.74) is 5.99. The van der Waals surface area contributed by atoms with Crippen LogP contribution in [-0.2, 0) is 0 Å². The summed E-state index contributed by atoms with van der Waals surface area (Å²) < 4.78 is 52.1. The summed E-state index contributed by atoms with van der Waals surface area (Å²) in [5.74, 6) is -3.01. The molecule has 20 heavy (non-hydrogen) atoms. The van der Waals surface area contributed by atoms with Crippen molar-refractivity contribution in [1.29, 1.82) is 0 Å². The molecule has 0 amide bonds. The van der Waals surface area contributed by atoms with Crippen LogP contribution in [0.5, 0.6) is 0 Å². The molecule has 1 unspecified atom stereocenters. The first-order valence-electron chi connectivity index (χ1n) is 5.76. The van der Waals surface area contributed by atoms with E-state index in [4.69, 9.17) is 5.73 Å². The maximum Gasteiger partial charge on any atom is 0.159 e. The second-order valence-electron chi connectivity index (χ2n) is 4.16. The third kappa shape index (κ3) is 3.52. The van der Waals surface area contributed by atoms with Gasteiger partial charge in [0.2, 0.25) is 0 Å². The Morgan fingerprint density at radius 3 is 2.30 bits per heavy atom. The van der Waals surface area contributed by atoms with Crippen LogP contribution in [0.15, 0.2) is 41.3 Å². The summed E-state index contributed by atoms with van der Waals surface area (Å²) in [5, 5.41) is 0. The zero-order chi connectivity index (χ0) is 14.7. The molecule has 2 rings (SSSR count). The summed E-state index contributed by atoms with van der Waals surface area (Å²) in [6.07, 6.45) is 0. The summed E-state index contributed by atoms with van der Waals surface area (Å²) in [4.78, 5) is 0.488. The van der Waals surface area contributed by atoms with Gasteiger partial charge in [-0.15, -0.1) is 11.8 Å². The van der Waals surface area contributed by atoms with Crippen LogP contribution in [0, 0.1) is 23.3 Å². The van der Waals surface area contributed by atoms with Gasteiger partial charge in [0.1, 0.15) is 11.6 Å². The highest BCUT2D eigenvalue weighted by Gasteiger charge is 2.13. The summed E-state index contributed by atoms with van der Waals surface area (Å²) in [6.45, 7) is 0. The number of halogens is 4. The van der Waals surface area contributed by atoms with Gasteiger partial charge in [0, 0.05) is 28.3 Å². The van der Waals surface area contributed by atoms with Crippen LogP contribution in [0.3, 0.4) is 0 Å². The number of hydrogen-bond donors (Lipinski definition) is 1. The van der Waals surface area contributed by atoms with Gasteiger partial charge < -0.3 is 5.73 Å². The molecule has 0 fully saturated rings. The Morgan fingerprint density at radius 2 is 1.65 bits per heavy atom. The molecule has 0 radical (unpaired) electrons. The summed E-state index contributed by atoms with van der Waals surface area (Å²) in [6, 6.07) is 5.97. The summed E-state index contributed by atoms with van der Waals surface area (Å²) in [7, 11) is 0. The molecule has 0 spiro atoms. The first kappa shape index (κ1) is 14.9. The van der Waals surface area contributed by atoms with Gasteiger partial charge in [0.25, 0.3) is 0 Å². The molecular weight excluding hydrogens is 290 g/mol. The van der Waals surface area contributed by atoms with Gasteiger partial charge in [-0.2, -0.15) is 0 Å². The SMILES string of the molecule is NC(CSc1ccc(F)c(F)c1)c1ccc(F)cc1F. The Balaban J connectivity index is 2.04. The van der Waals surface area contributed by atoms with Gasteiger partial charge in [0.05, 0.1) is 0 Å². The monoisotopic (exact) mass is 301 g/mol. The molecule has 2 aromatic carbocycles. The fraction of sp³-hybridized carbons (Fsp3) is 0.143. The van der Waals surface area contributed by atoms with Gasteiger partial charge in [-0.05, 0) is 24.3 Å². The zero-order valence-corrected chi connectivity index (χ0v) is 11.1. The van der Waals surface area contributed by atoms with Crippen LogP contribution in [0.4, 0.5) is 17.6 Å². The molecular formula is C14H11F4NS. The van der Waals surface area contributed by atoms with E-state index in [1.54, 1.807) is 0 Å². The number of rotatable bonds is 4. The first-order chi connectivity index (χ1) is 9.47. The lowest BCUT2D eigenvalue weighted by Crippen LogP contribution is -2.14. The lowest BCUT2D eigenvalue weighted by atomic mass is 10.1. The highest BCUT2D eigenvalue weighted by atomic mass is 32.2. The van der Waals surface area contributed by atoms with Crippen LogP contribution in [0.25, 0.3) is 0 Å². The average Bonchev–Trinajstić information content (AvgIpc) is 2.40. The van der Waals surface area contributed by atoms with Gasteiger partial charge in [0.15, 0.2) is 11.6 Å². The smallest absolute Gasteiger partial charge is 0.159 e. The molecule has 0 saturated heterocycles. The van der Waals surface area contributed by atoms with E-state index in [-0.39, 0.29) is 11.3 Å². The minimum Gasteiger partial charge on any atom is -0.323 e. The van der Waals surface area contributed by atoms with Gasteiger partial charge >= 0.3 is 0 Å². The van der Waals surface area contributed by atoms with E-state index in [1.807, 2.05) is 0 Å². The second kappa shape index (κ2) is 6.28. The minimum atomic E-state index is -0.948. The van der Waals surface area contributed by atoms with Crippen molar-refractivity contribution in [2.45, 2.75) is 10.9 Å². The first-order valence-corrected chi connectivity index (χ1v) is 6.74. The van der Waals surface area contributed by atoms with Gasteiger partial charge in [-0.3, -0.25) is 0 Å². The van der Waals surface area contributed by atoms with Crippen molar-refractivity contribution in [3.63, 3.8) is 0 Å². The van der Waals surface area contributed by atoms with Crippen LogP contribution < -0.4 is 5.73 Å². The van der Waals surface area contributed by atoms with E-state index in [9.17, 15) is 17.6 Å². The largest absolute Gasteiger partial charge is 0.323 e. The van der Waals surface area contributed by atoms with Crippen molar-refractivity contribution in [2.75, 3.05) is 5.75 Å². The molecule has 6 heteroatoms. The molecule has 106 valence electrons. The molecule has 0 aromatic heterocycles. The number of benzene rings is 2.